The van der Waals surface area contributed by atoms with Gasteiger partial charge >= 0.3 is 0 Å². The lowest BCUT2D eigenvalue weighted by Gasteiger charge is -2.16. The van der Waals surface area contributed by atoms with Gasteiger partial charge in [0.25, 0.3) is 0 Å². The van der Waals surface area contributed by atoms with Crippen molar-refractivity contribution >= 4 is 35.0 Å². The summed E-state index contributed by atoms with van der Waals surface area (Å²) in [5.41, 5.74) is 0.498. The van der Waals surface area contributed by atoms with Gasteiger partial charge in [0.15, 0.2) is 0 Å². The molecule has 0 aliphatic heterocycles. The lowest BCUT2D eigenvalue weighted by atomic mass is 10.1. The second-order valence-electron chi connectivity index (χ2n) is 4.34. The van der Waals surface area contributed by atoms with Crippen LogP contribution in [0.25, 0.3) is 0 Å². The smallest absolute Gasteiger partial charge is 0.239 e. The van der Waals surface area contributed by atoms with Crippen molar-refractivity contribution in [2.45, 2.75) is 13.0 Å². The van der Waals surface area contributed by atoms with E-state index in [1.54, 1.807) is 6.92 Å². The molecule has 0 saturated carbocycles. The van der Waals surface area contributed by atoms with Crippen molar-refractivity contribution in [3.05, 3.63) is 33.6 Å². The van der Waals surface area contributed by atoms with Gasteiger partial charge in [-0.3, -0.25) is 9.59 Å². The molecule has 2 amide bonds. The fourth-order valence-electron chi connectivity index (χ4n) is 1.56. The van der Waals surface area contributed by atoms with Gasteiger partial charge in [-0.15, -0.1) is 0 Å². The summed E-state index contributed by atoms with van der Waals surface area (Å²) in [6.07, 6.45) is 0. The van der Waals surface area contributed by atoms with E-state index in [2.05, 4.69) is 16.0 Å². The minimum atomic E-state index is -0.575. The zero-order valence-electron chi connectivity index (χ0n) is 11.6. The highest BCUT2D eigenvalue weighted by Gasteiger charge is 2.14. The van der Waals surface area contributed by atoms with Crippen molar-refractivity contribution < 1.29 is 14.0 Å². The second-order valence-corrected chi connectivity index (χ2v) is 5.15. The number of hydrogen-bond acceptors (Lipinski definition) is 3. The Morgan fingerprint density at radius 2 is 1.86 bits per heavy atom. The number of carbonyl (C=O) groups is 2. The van der Waals surface area contributed by atoms with Crippen LogP contribution in [0, 0.1) is 5.82 Å². The highest BCUT2D eigenvalue weighted by molar-refractivity contribution is 6.35. The van der Waals surface area contributed by atoms with Gasteiger partial charge in [0.05, 0.1) is 18.1 Å². The van der Waals surface area contributed by atoms with E-state index in [1.165, 1.54) is 19.2 Å². The topological polar surface area (TPSA) is 70.2 Å². The van der Waals surface area contributed by atoms with Crippen LogP contribution >= 0.6 is 23.2 Å². The lowest BCUT2D eigenvalue weighted by Crippen LogP contribution is -2.40. The quantitative estimate of drug-likeness (QED) is 0.692. The summed E-state index contributed by atoms with van der Waals surface area (Å²) < 4.78 is 13.4. The van der Waals surface area contributed by atoms with Crippen molar-refractivity contribution in [1.82, 2.24) is 16.0 Å². The summed E-state index contributed by atoms with van der Waals surface area (Å²) in [5.74, 6) is -1.22. The van der Waals surface area contributed by atoms with Crippen LogP contribution in [0.3, 0.4) is 0 Å². The molecule has 0 unspecified atom stereocenters. The molecule has 3 N–H and O–H groups in total. The van der Waals surface area contributed by atoms with E-state index in [-0.39, 0.29) is 36.0 Å². The normalized spacial score (nSPS) is 11.9. The van der Waals surface area contributed by atoms with Gasteiger partial charge in [-0.25, -0.2) is 4.39 Å². The van der Waals surface area contributed by atoms with E-state index >= 15 is 0 Å². The Bertz CT molecular complexity index is 540. The van der Waals surface area contributed by atoms with Crippen LogP contribution < -0.4 is 16.0 Å². The van der Waals surface area contributed by atoms with Crippen LogP contribution in [-0.2, 0) is 9.59 Å². The Labute approximate surface area is 132 Å². The first-order valence-corrected chi connectivity index (χ1v) is 6.95. The van der Waals surface area contributed by atoms with Crippen molar-refractivity contribution in [3.8, 4) is 0 Å². The maximum Gasteiger partial charge on any atom is 0.239 e. The molecule has 5 nitrogen and oxygen atoms in total. The van der Waals surface area contributed by atoms with Gasteiger partial charge in [0.1, 0.15) is 5.82 Å². The molecule has 0 aliphatic carbocycles. The van der Waals surface area contributed by atoms with Gasteiger partial charge in [-0.05, 0) is 24.6 Å². The van der Waals surface area contributed by atoms with Crippen molar-refractivity contribution in [2.75, 3.05) is 20.1 Å². The molecule has 0 spiro atoms. The second kappa shape index (κ2) is 8.17. The van der Waals surface area contributed by atoms with Crippen molar-refractivity contribution in [3.63, 3.8) is 0 Å². The van der Waals surface area contributed by atoms with Crippen LogP contribution in [0.15, 0.2) is 12.1 Å². The Kier molecular flexibility index (Phi) is 6.87. The standard InChI is InChI=1S/C13H16Cl2FN3O2/c1-7(8-3-11(16)10(15)4-9(8)14)18-6-13(21)19-5-12(20)17-2/h3-4,7,18H,5-6H2,1-2H3,(H,17,20)(H,19,21)/t7-/m0/s1. The Morgan fingerprint density at radius 3 is 2.48 bits per heavy atom. The number of carbonyl (C=O) groups excluding carboxylic acids is 2. The number of benzene rings is 1. The summed E-state index contributed by atoms with van der Waals surface area (Å²) in [6, 6.07) is 2.19. The molecule has 116 valence electrons. The number of hydrogen-bond donors (Lipinski definition) is 3. The minimum Gasteiger partial charge on any atom is -0.358 e. The minimum absolute atomic E-state index is 0.0290. The monoisotopic (exact) mass is 335 g/mol. The molecule has 0 radical (unpaired) electrons. The van der Waals surface area contributed by atoms with Crippen molar-refractivity contribution in [2.24, 2.45) is 0 Å². The SMILES string of the molecule is CNC(=O)CNC(=O)CN[C@@H](C)c1cc(F)c(Cl)cc1Cl. The molecule has 0 saturated heterocycles. The van der Waals surface area contributed by atoms with Crippen LogP contribution in [0.2, 0.25) is 10.0 Å². The molecule has 1 aromatic carbocycles. The fraction of sp³-hybridized carbons (Fsp3) is 0.385. The molecule has 0 heterocycles. The highest BCUT2D eigenvalue weighted by atomic mass is 35.5. The molecule has 0 aromatic heterocycles. The first-order chi connectivity index (χ1) is 9.85. The first-order valence-electron chi connectivity index (χ1n) is 6.20. The first kappa shape index (κ1) is 17.7. The number of amides is 2. The Morgan fingerprint density at radius 1 is 1.19 bits per heavy atom. The van der Waals surface area contributed by atoms with Crippen LogP contribution in [-0.4, -0.2) is 32.0 Å². The zero-order valence-corrected chi connectivity index (χ0v) is 13.1. The molecule has 1 aromatic rings. The van der Waals surface area contributed by atoms with Gasteiger partial charge < -0.3 is 16.0 Å². The molecule has 21 heavy (non-hydrogen) atoms. The largest absolute Gasteiger partial charge is 0.358 e. The van der Waals surface area contributed by atoms with E-state index < -0.39 is 5.82 Å². The Balaban J connectivity index is 2.54. The van der Waals surface area contributed by atoms with E-state index in [9.17, 15) is 14.0 Å². The molecular formula is C13H16Cl2FN3O2. The van der Waals surface area contributed by atoms with Gasteiger partial charge in [0.2, 0.25) is 11.8 Å². The van der Waals surface area contributed by atoms with Gasteiger partial charge in [-0.2, -0.15) is 0 Å². The molecule has 1 rings (SSSR count). The maximum atomic E-state index is 13.4. The molecular weight excluding hydrogens is 320 g/mol. The summed E-state index contributed by atoms with van der Waals surface area (Å²) >= 11 is 11.6. The van der Waals surface area contributed by atoms with Crippen LogP contribution in [0.4, 0.5) is 4.39 Å². The summed E-state index contributed by atoms with van der Waals surface area (Å²) in [6.45, 7) is 1.61. The highest BCUT2D eigenvalue weighted by Crippen LogP contribution is 2.28. The summed E-state index contributed by atoms with van der Waals surface area (Å²) in [7, 11) is 1.48. The van der Waals surface area contributed by atoms with E-state index in [1.807, 2.05) is 0 Å². The van der Waals surface area contributed by atoms with Gasteiger partial charge in [-0.1, -0.05) is 23.2 Å². The summed E-state index contributed by atoms with van der Waals surface area (Å²) in [4.78, 5) is 22.5. The number of halogens is 3. The number of nitrogens with one attached hydrogen (secondary N) is 3. The third-order valence-corrected chi connectivity index (χ3v) is 3.42. The maximum absolute atomic E-state index is 13.4. The molecule has 0 aliphatic rings. The molecule has 1 atom stereocenters. The molecule has 0 fully saturated rings. The van der Waals surface area contributed by atoms with Crippen LogP contribution in [0.1, 0.15) is 18.5 Å². The third kappa shape index (κ3) is 5.49. The average Bonchev–Trinajstić information content (AvgIpc) is 2.45. The average molecular weight is 336 g/mol. The van der Waals surface area contributed by atoms with E-state index in [4.69, 9.17) is 23.2 Å². The lowest BCUT2D eigenvalue weighted by molar-refractivity contribution is -0.125. The zero-order chi connectivity index (χ0) is 16.0. The van der Waals surface area contributed by atoms with E-state index in [0.717, 1.165) is 0 Å². The van der Waals surface area contributed by atoms with Crippen LogP contribution in [0.5, 0.6) is 0 Å². The number of likely N-dealkylation sites (N-methyl/N-ethyl adjacent to an activating group) is 1. The molecule has 8 heteroatoms. The predicted molar refractivity (Wildman–Crippen MR) is 79.9 cm³/mol. The third-order valence-electron chi connectivity index (χ3n) is 2.80. The predicted octanol–water partition coefficient (Wildman–Crippen LogP) is 1.65. The Hall–Kier alpha value is -1.37. The fourth-order valence-corrected chi connectivity index (χ4v) is 2.10. The number of rotatable bonds is 6. The van der Waals surface area contributed by atoms with E-state index in [0.29, 0.717) is 10.6 Å². The molecule has 0 bridgehead atoms. The summed E-state index contributed by atoms with van der Waals surface area (Å²) in [5, 5.41) is 7.96. The van der Waals surface area contributed by atoms with Gasteiger partial charge in [0, 0.05) is 18.1 Å². The van der Waals surface area contributed by atoms with Crippen molar-refractivity contribution in [1.29, 1.82) is 0 Å².